The number of nitrogens with zero attached hydrogens (tertiary/aromatic N) is 1. The van der Waals surface area contributed by atoms with Crippen LogP contribution in [0.25, 0.3) is 0 Å². The molecule has 5 heteroatoms. The molecule has 0 aliphatic carbocycles. The minimum Gasteiger partial charge on any atom is -0.317 e. The predicted molar refractivity (Wildman–Crippen MR) is 118 cm³/mol. The van der Waals surface area contributed by atoms with Crippen molar-refractivity contribution in [1.29, 1.82) is 0 Å². The third-order valence-electron chi connectivity index (χ3n) is 5.17. The van der Waals surface area contributed by atoms with E-state index in [1.54, 1.807) is 0 Å². The van der Waals surface area contributed by atoms with Gasteiger partial charge in [0, 0.05) is 6.54 Å². The number of hydrogen-bond donors (Lipinski definition) is 2. The average Bonchev–Trinajstić information content (AvgIpc) is 3.03. The molecule has 0 radical (unpaired) electrons. The van der Waals surface area contributed by atoms with Crippen LogP contribution in [0, 0.1) is 0 Å². The van der Waals surface area contributed by atoms with Crippen molar-refractivity contribution in [2.45, 2.75) is 45.6 Å². The smallest absolute Gasteiger partial charge is 0.317 e. The van der Waals surface area contributed by atoms with Gasteiger partial charge in [-0.1, -0.05) is 81.4 Å². The maximum absolute atomic E-state index is 13.1. The predicted octanol–water partition coefficient (Wildman–Crippen LogP) is 4.29. The Balaban J connectivity index is 0.000000369. The Morgan fingerprint density at radius 3 is 1.76 bits per heavy atom. The fourth-order valence-corrected chi connectivity index (χ4v) is 3.74. The maximum atomic E-state index is 13.1. The van der Waals surface area contributed by atoms with Crippen molar-refractivity contribution in [2.75, 3.05) is 19.6 Å². The number of amides is 3. The van der Waals surface area contributed by atoms with Crippen molar-refractivity contribution in [1.82, 2.24) is 15.5 Å². The van der Waals surface area contributed by atoms with Crippen molar-refractivity contribution in [3.05, 3.63) is 71.8 Å². The van der Waals surface area contributed by atoms with Gasteiger partial charge < -0.3 is 10.6 Å². The summed E-state index contributed by atoms with van der Waals surface area (Å²) >= 11 is 0. The summed E-state index contributed by atoms with van der Waals surface area (Å²) in [5, 5.41) is 6.21. The van der Waals surface area contributed by atoms with Crippen LogP contribution in [0.2, 0.25) is 0 Å². The van der Waals surface area contributed by atoms with E-state index in [-0.39, 0.29) is 19.4 Å². The number of benzene rings is 2. The van der Waals surface area contributed by atoms with Crippen LogP contribution in [0.5, 0.6) is 0 Å². The van der Waals surface area contributed by atoms with Gasteiger partial charge in [-0.15, -0.1) is 0 Å². The van der Waals surface area contributed by atoms with Crippen molar-refractivity contribution < 1.29 is 9.59 Å². The molecule has 5 nitrogen and oxygen atoms in total. The Morgan fingerprint density at radius 2 is 1.38 bits per heavy atom. The average molecular weight is 396 g/mol. The largest absolute Gasteiger partial charge is 0.325 e. The summed E-state index contributed by atoms with van der Waals surface area (Å²) in [6.07, 6.45) is 4.95. The second kappa shape index (κ2) is 10.8. The molecule has 4 rings (SSSR count). The lowest BCUT2D eigenvalue weighted by molar-refractivity contribution is -0.130. The highest BCUT2D eigenvalue weighted by Gasteiger charge is 2.53. The third kappa shape index (κ3) is 4.85. The Hall–Kier alpha value is -2.66. The highest BCUT2D eigenvalue weighted by atomic mass is 16.2. The molecule has 2 N–H and O–H groups in total. The van der Waals surface area contributed by atoms with Crippen molar-refractivity contribution in [3.8, 4) is 0 Å². The summed E-state index contributed by atoms with van der Waals surface area (Å²) in [5.41, 5.74) is 0.422. The monoisotopic (exact) mass is 395 g/mol. The Morgan fingerprint density at radius 1 is 0.862 bits per heavy atom. The number of piperidine rings is 1. The molecule has 2 aliphatic rings. The molecular formula is C24H33N3O2. The minimum absolute atomic E-state index is 0. The van der Waals surface area contributed by atoms with Crippen LogP contribution in [0.15, 0.2) is 60.7 Å². The molecule has 0 saturated carbocycles. The molecule has 0 unspecified atom stereocenters. The Bertz CT molecular complexity index is 722. The van der Waals surface area contributed by atoms with Crippen LogP contribution >= 0.6 is 0 Å². The van der Waals surface area contributed by atoms with E-state index in [0.29, 0.717) is 6.54 Å². The van der Waals surface area contributed by atoms with E-state index in [1.165, 1.54) is 37.3 Å². The lowest BCUT2D eigenvalue weighted by Crippen LogP contribution is -2.45. The molecule has 2 saturated heterocycles. The van der Waals surface area contributed by atoms with Gasteiger partial charge in [-0.3, -0.25) is 9.69 Å². The summed E-state index contributed by atoms with van der Waals surface area (Å²) < 4.78 is 0. The van der Waals surface area contributed by atoms with Crippen LogP contribution in [0.3, 0.4) is 0 Å². The number of nitrogens with one attached hydrogen (secondary N) is 2. The van der Waals surface area contributed by atoms with Crippen LogP contribution in [0.4, 0.5) is 4.79 Å². The summed E-state index contributed by atoms with van der Waals surface area (Å²) in [5.74, 6) is -0.211. The number of imide groups is 1. The van der Waals surface area contributed by atoms with Crippen molar-refractivity contribution in [2.24, 2.45) is 0 Å². The first-order valence-corrected chi connectivity index (χ1v) is 10.2. The molecule has 2 fully saturated rings. The Kier molecular flexibility index (Phi) is 8.40. The van der Waals surface area contributed by atoms with Gasteiger partial charge in [0.2, 0.25) is 0 Å². The van der Waals surface area contributed by atoms with E-state index in [9.17, 15) is 9.59 Å². The molecule has 0 spiro atoms. The molecule has 2 aromatic rings. The first-order valence-electron chi connectivity index (χ1n) is 10.2. The first-order chi connectivity index (χ1) is 13.7. The van der Waals surface area contributed by atoms with Crippen molar-refractivity contribution in [3.63, 3.8) is 0 Å². The molecule has 2 heterocycles. The van der Waals surface area contributed by atoms with Gasteiger partial charge in [0.15, 0.2) is 5.54 Å². The van der Waals surface area contributed by atoms with Crippen molar-refractivity contribution >= 4 is 11.9 Å². The zero-order valence-corrected chi connectivity index (χ0v) is 16.5. The van der Waals surface area contributed by atoms with Crippen LogP contribution in [-0.4, -0.2) is 36.5 Å². The van der Waals surface area contributed by atoms with E-state index >= 15 is 0 Å². The van der Waals surface area contributed by atoms with E-state index < -0.39 is 5.54 Å². The summed E-state index contributed by atoms with van der Waals surface area (Å²) in [6.45, 7) is 4.87. The zero-order valence-electron chi connectivity index (χ0n) is 16.5. The fraction of sp³-hybridized carbons (Fsp3) is 0.417. The highest BCUT2D eigenvalue weighted by Crippen LogP contribution is 2.35. The number of urea groups is 1. The first kappa shape index (κ1) is 22.6. The van der Waals surface area contributed by atoms with Gasteiger partial charge >= 0.3 is 6.03 Å². The second-order valence-corrected chi connectivity index (χ2v) is 7.18. The highest BCUT2D eigenvalue weighted by molar-refractivity contribution is 6.09. The summed E-state index contributed by atoms with van der Waals surface area (Å²) in [4.78, 5) is 26.7. The minimum atomic E-state index is -1.13. The normalized spacial score (nSPS) is 17.6. The standard InChI is InChI=1S/C18H18N2O2.C5H11N.CH4/c1-2-13-20-16(21)18(19-17(20)22,14-9-5-3-6-10-14)15-11-7-4-8-12-15;1-2-4-6-5-3-1;/h3-12H,2,13H2,1H3,(H,19,22);6H,1-5H2;1H4. The Labute approximate surface area is 174 Å². The molecule has 0 bridgehead atoms. The molecule has 2 aliphatic heterocycles. The maximum Gasteiger partial charge on any atom is 0.325 e. The van der Waals surface area contributed by atoms with Gasteiger partial charge in [-0.2, -0.15) is 0 Å². The molecule has 0 aromatic heterocycles. The molecular weight excluding hydrogens is 362 g/mol. The molecule has 2 aromatic carbocycles. The number of hydrogen-bond acceptors (Lipinski definition) is 3. The SMILES string of the molecule is C.C1CCNCC1.CCCN1C(=O)NC(c2ccccc2)(c2ccccc2)C1=O. The molecule has 3 amide bonds. The number of rotatable bonds is 4. The van der Waals surface area contributed by atoms with E-state index in [4.69, 9.17) is 0 Å². The lowest BCUT2D eigenvalue weighted by Gasteiger charge is -2.28. The van der Waals surface area contributed by atoms with Gasteiger partial charge in [0.05, 0.1) is 0 Å². The quantitative estimate of drug-likeness (QED) is 0.759. The van der Waals surface area contributed by atoms with Gasteiger partial charge in [0.25, 0.3) is 5.91 Å². The number of carbonyl (C=O) groups is 2. The molecule has 0 atom stereocenters. The third-order valence-corrected chi connectivity index (χ3v) is 5.17. The lowest BCUT2D eigenvalue weighted by atomic mass is 9.82. The van der Waals surface area contributed by atoms with E-state index in [2.05, 4.69) is 10.6 Å². The van der Waals surface area contributed by atoms with E-state index in [0.717, 1.165) is 17.5 Å². The van der Waals surface area contributed by atoms with Gasteiger partial charge in [0.1, 0.15) is 0 Å². The molecule has 29 heavy (non-hydrogen) atoms. The zero-order chi connectivity index (χ0) is 19.8. The molecule has 156 valence electrons. The number of carbonyl (C=O) groups excluding carboxylic acids is 2. The van der Waals surface area contributed by atoms with Gasteiger partial charge in [-0.25, -0.2) is 4.79 Å². The topological polar surface area (TPSA) is 61.4 Å². The second-order valence-electron chi connectivity index (χ2n) is 7.18. The van der Waals surface area contributed by atoms with Crippen LogP contribution in [0.1, 0.15) is 51.2 Å². The summed E-state index contributed by atoms with van der Waals surface area (Å²) in [7, 11) is 0. The van der Waals surface area contributed by atoms with Gasteiger partial charge in [-0.05, 0) is 43.5 Å². The fourth-order valence-electron chi connectivity index (χ4n) is 3.74. The van der Waals surface area contributed by atoms with Crippen LogP contribution < -0.4 is 10.6 Å². The summed E-state index contributed by atoms with van der Waals surface area (Å²) in [6, 6.07) is 18.5. The van der Waals surface area contributed by atoms with Crippen LogP contribution in [-0.2, 0) is 10.3 Å². The van der Waals surface area contributed by atoms with E-state index in [1.807, 2.05) is 67.6 Å².